The molecule has 0 aliphatic carbocycles. The van der Waals surface area contributed by atoms with Crippen molar-refractivity contribution < 1.29 is 23.0 Å². The smallest absolute Gasteiger partial charge is 0.507 e. The lowest BCUT2D eigenvalue weighted by Gasteiger charge is -2.10. The molecule has 0 radical (unpaired) electrons. The van der Waals surface area contributed by atoms with Crippen LogP contribution in [0.15, 0.2) is 42.9 Å². The maximum atomic E-state index is 12.3. The Morgan fingerprint density at radius 3 is 2.76 bits per heavy atom. The first-order valence-electron chi connectivity index (χ1n) is 5.81. The Labute approximate surface area is 116 Å². The van der Waals surface area contributed by atoms with Crippen LogP contribution in [-0.4, -0.2) is 26.1 Å². The van der Waals surface area contributed by atoms with Crippen LogP contribution in [0.5, 0.6) is 11.5 Å². The fourth-order valence-electron chi connectivity index (χ4n) is 1.95. The van der Waals surface area contributed by atoms with Gasteiger partial charge >= 0.3 is 6.36 Å². The molecule has 21 heavy (non-hydrogen) atoms. The molecule has 0 unspecified atom stereocenters. The number of fused-ring (bicyclic) bond motifs is 1. The molecule has 3 rings (SSSR count). The number of benzene rings is 1. The number of aromatic hydroxyl groups is 1. The number of nitrogens with zero attached hydrogens (tertiary/aromatic N) is 3. The lowest BCUT2D eigenvalue weighted by atomic mass is 10.1. The van der Waals surface area contributed by atoms with Gasteiger partial charge in [0.05, 0.1) is 11.8 Å². The summed E-state index contributed by atoms with van der Waals surface area (Å²) in [6.07, 6.45) is -0.227. The zero-order valence-electron chi connectivity index (χ0n) is 10.4. The fraction of sp³-hybridized carbons (Fsp3) is 0.0769. The number of phenols is 1. The highest BCUT2D eigenvalue weighted by Crippen LogP contribution is 2.35. The minimum absolute atomic E-state index is 0.158. The van der Waals surface area contributed by atoms with Gasteiger partial charge in [0.1, 0.15) is 11.5 Å². The second-order valence-corrected chi connectivity index (χ2v) is 4.17. The van der Waals surface area contributed by atoms with Gasteiger partial charge in [-0.3, -0.25) is 0 Å². The first kappa shape index (κ1) is 13.2. The fourth-order valence-corrected chi connectivity index (χ4v) is 1.95. The Kier molecular flexibility index (Phi) is 2.93. The van der Waals surface area contributed by atoms with Crippen LogP contribution in [0.1, 0.15) is 0 Å². The summed E-state index contributed by atoms with van der Waals surface area (Å²) in [4.78, 5) is 4.09. The van der Waals surface area contributed by atoms with Crippen LogP contribution in [0.3, 0.4) is 0 Å². The van der Waals surface area contributed by atoms with Crippen molar-refractivity contribution in [2.24, 2.45) is 0 Å². The number of hydrogen-bond donors (Lipinski definition) is 1. The third-order valence-corrected chi connectivity index (χ3v) is 2.77. The Morgan fingerprint density at radius 2 is 2.00 bits per heavy atom. The number of hydrogen-bond acceptors (Lipinski definition) is 4. The largest absolute Gasteiger partial charge is 0.573 e. The summed E-state index contributed by atoms with van der Waals surface area (Å²) in [5.41, 5.74) is 0.975. The van der Waals surface area contributed by atoms with E-state index in [1.165, 1.54) is 16.9 Å². The summed E-state index contributed by atoms with van der Waals surface area (Å²) in [6.45, 7) is 0. The second kappa shape index (κ2) is 4.65. The van der Waals surface area contributed by atoms with E-state index < -0.39 is 12.1 Å². The maximum absolute atomic E-state index is 12.3. The van der Waals surface area contributed by atoms with Crippen molar-refractivity contribution in [3.63, 3.8) is 0 Å². The lowest BCUT2D eigenvalue weighted by Crippen LogP contribution is -2.17. The number of halogens is 3. The second-order valence-electron chi connectivity index (χ2n) is 4.17. The molecule has 0 aliphatic rings. The van der Waals surface area contributed by atoms with Crippen LogP contribution < -0.4 is 4.74 Å². The highest BCUT2D eigenvalue weighted by molar-refractivity contribution is 5.81. The van der Waals surface area contributed by atoms with Crippen LogP contribution in [0, 0.1) is 0 Å². The van der Waals surface area contributed by atoms with E-state index in [-0.39, 0.29) is 11.3 Å². The minimum atomic E-state index is -4.80. The van der Waals surface area contributed by atoms with E-state index in [1.54, 1.807) is 12.3 Å². The lowest BCUT2D eigenvalue weighted by molar-refractivity contribution is -0.274. The number of ether oxygens (including phenoxy) is 1. The Bertz CT molecular complexity index is 799. The molecular weight excluding hydrogens is 287 g/mol. The van der Waals surface area contributed by atoms with Crippen LogP contribution in [0.4, 0.5) is 13.2 Å². The topological polar surface area (TPSA) is 59.7 Å². The Morgan fingerprint density at radius 1 is 1.19 bits per heavy atom. The number of phenolic OH excluding ortho intramolecular Hbond substituents is 1. The van der Waals surface area contributed by atoms with E-state index in [9.17, 15) is 18.3 Å². The molecule has 0 amide bonds. The van der Waals surface area contributed by atoms with Gasteiger partial charge in [-0.15, -0.1) is 13.2 Å². The first-order chi connectivity index (χ1) is 9.94. The average Bonchev–Trinajstić information content (AvgIpc) is 2.83. The number of alkyl halides is 3. The van der Waals surface area contributed by atoms with Gasteiger partial charge in [0.25, 0.3) is 0 Å². The van der Waals surface area contributed by atoms with E-state index >= 15 is 0 Å². The molecule has 0 spiro atoms. The van der Waals surface area contributed by atoms with Crippen LogP contribution >= 0.6 is 0 Å². The summed E-state index contributed by atoms with van der Waals surface area (Å²) >= 11 is 0. The van der Waals surface area contributed by atoms with Crippen molar-refractivity contribution in [2.75, 3.05) is 0 Å². The van der Waals surface area contributed by atoms with Crippen LogP contribution in [-0.2, 0) is 0 Å². The molecule has 5 nitrogen and oxygen atoms in total. The quantitative estimate of drug-likeness (QED) is 0.789. The van der Waals surface area contributed by atoms with Crippen molar-refractivity contribution in [3.8, 4) is 22.6 Å². The highest BCUT2D eigenvalue weighted by Gasteiger charge is 2.31. The third-order valence-electron chi connectivity index (χ3n) is 2.77. The molecule has 1 aromatic carbocycles. The highest BCUT2D eigenvalue weighted by atomic mass is 19.4. The van der Waals surface area contributed by atoms with Crippen molar-refractivity contribution in [2.45, 2.75) is 6.36 Å². The van der Waals surface area contributed by atoms with E-state index in [0.717, 1.165) is 18.2 Å². The van der Waals surface area contributed by atoms with Crippen LogP contribution in [0.25, 0.3) is 16.8 Å². The SMILES string of the molecule is Oc1ccc(OC(F)(F)F)cc1-c1cnn2cccnc12. The molecule has 0 saturated heterocycles. The first-order valence-corrected chi connectivity index (χ1v) is 5.81. The zero-order chi connectivity index (χ0) is 15.0. The molecule has 108 valence electrons. The molecule has 0 aliphatic heterocycles. The number of rotatable bonds is 2. The molecule has 0 saturated carbocycles. The van der Waals surface area contributed by atoms with E-state index in [2.05, 4.69) is 14.8 Å². The monoisotopic (exact) mass is 295 g/mol. The molecule has 2 heterocycles. The van der Waals surface area contributed by atoms with Gasteiger partial charge in [0.15, 0.2) is 5.65 Å². The van der Waals surface area contributed by atoms with Gasteiger partial charge in [-0.25, -0.2) is 9.50 Å². The average molecular weight is 295 g/mol. The third kappa shape index (κ3) is 2.60. The summed E-state index contributed by atoms with van der Waals surface area (Å²) < 4.78 is 42.1. The van der Waals surface area contributed by atoms with E-state index in [4.69, 9.17) is 0 Å². The van der Waals surface area contributed by atoms with Gasteiger partial charge in [0, 0.05) is 18.0 Å². The predicted molar refractivity (Wildman–Crippen MR) is 66.8 cm³/mol. The van der Waals surface area contributed by atoms with Crippen LogP contribution in [0.2, 0.25) is 0 Å². The van der Waals surface area contributed by atoms with Gasteiger partial charge in [-0.2, -0.15) is 5.10 Å². The zero-order valence-corrected chi connectivity index (χ0v) is 10.4. The van der Waals surface area contributed by atoms with Crippen molar-refractivity contribution >= 4 is 5.65 Å². The Balaban J connectivity index is 2.11. The predicted octanol–water partition coefficient (Wildman–Crippen LogP) is 3.00. The van der Waals surface area contributed by atoms with Crippen molar-refractivity contribution in [1.82, 2.24) is 14.6 Å². The summed E-state index contributed by atoms with van der Waals surface area (Å²) in [5, 5.41) is 13.9. The van der Waals surface area contributed by atoms with E-state index in [0.29, 0.717) is 11.2 Å². The molecule has 0 fully saturated rings. The summed E-state index contributed by atoms with van der Waals surface area (Å²) in [7, 11) is 0. The molecular formula is C13H8F3N3O2. The minimum Gasteiger partial charge on any atom is -0.507 e. The standard InChI is InChI=1S/C13H8F3N3O2/c14-13(15,16)21-8-2-3-11(20)9(6-8)10-7-18-19-5-1-4-17-12(10)19/h1-7,20H. The molecule has 3 aromatic rings. The number of aromatic nitrogens is 3. The van der Waals surface area contributed by atoms with Gasteiger partial charge in [-0.1, -0.05) is 0 Å². The van der Waals surface area contributed by atoms with Crippen molar-refractivity contribution in [3.05, 3.63) is 42.9 Å². The molecule has 1 N–H and O–H groups in total. The maximum Gasteiger partial charge on any atom is 0.573 e. The molecule has 8 heteroatoms. The molecule has 2 aromatic heterocycles. The van der Waals surface area contributed by atoms with Crippen molar-refractivity contribution in [1.29, 1.82) is 0 Å². The van der Waals surface area contributed by atoms with Gasteiger partial charge in [-0.05, 0) is 24.3 Å². The normalized spacial score (nSPS) is 11.8. The Hall–Kier alpha value is -2.77. The molecule has 0 bridgehead atoms. The summed E-state index contributed by atoms with van der Waals surface area (Å²) in [5.74, 6) is -0.615. The van der Waals surface area contributed by atoms with Gasteiger partial charge < -0.3 is 9.84 Å². The van der Waals surface area contributed by atoms with Gasteiger partial charge in [0.2, 0.25) is 0 Å². The summed E-state index contributed by atoms with van der Waals surface area (Å²) in [6, 6.07) is 4.91. The van der Waals surface area contributed by atoms with E-state index in [1.807, 2.05) is 0 Å². The molecule has 0 atom stereocenters.